The lowest BCUT2D eigenvalue weighted by atomic mass is 9.90. The largest absolute Gasteiger partial charge is 0.466 e. The molecule has 1 atom stereocenters. The third-order valence-corrected chi connectivity index (χ3v) is 8.21. The third-order valence-electron chi connectivity index (χ3n) is 8.21. The van der Waals surface area contributed by atoms with E-state index in [0.29, 0.717) is 5.75 Å². The van der Waals surface area contributed by atoms with Crippen LogP contribution in [0.15, 0.2) is 36.7 Å². The Morgan fingerprint density at radius 1 is 1.12 bits per heavy atom. The van der Waals surface area contributed by atoms with Gasteiger partial charge in [0.2, 0.25) is 0 Å². The van der Waals surface area contributed by atoms with Gasteiger partial charge in [-0.2, -0.15) is 5.10 Å². The lowest BCUT2D eigenvalue weighted by Gasteiger charge is -2.41. The average molecular weight is 573 g/mol. The Morgan fingerprint density at radius 2 is 1.93 bits per heavy atom. The molecule has 1 aliphatic heterocycles. The molecule has 10 heteroatoms. The van der Waals surface area contributed by atoms with E-state index in [2.05, 4.69) is 22.1 Å². The van der Waals surface area contributed by atoms with E-state index in [1.165, 1.54) is 6.42 Å². The molecule has 0 bridgehead atoms. The highest BCUT2D eigenvalue weighted by atomic mass is 16.7. The Morgan fingerprint density at radius 3 is 2.64 bits per heavy atom. The van der Waals surface area contributed by atoms with Crippen LogP contribution in [-0.2, 0) is 16.5 Å². The van der Waals surface area contributed by atoms with Crippen LogP contribution < -0.4 is 9.64 Å². The molecular formula is C32H40N6O4. The number of carbonyl (C=O) groups excluding carboxylic acids is 1. The summed E-state index contributed by atoms with van der Waals surface area (Å²) in [6.45, 7) is 9.56. The van der Waals surface area contributed by atoms with Crippen LogP contribution in [0.2, 0.25) is 0 Å². The van der Waals surface area contributed by atoms with Gasteiger partial charge in [-0.15, -0.1) is 0 Å². The summed E-state index contributed by atoms with van der Waals surface area (Å²) in [4.78, 5) is 27.3. The maximum atomic E-state index is 13.2. The van der Waals surface area contributed by atoms with E-state index < -0.39 is 5.60 Å². The Hall–Kier alpha value is -3.92. The predicted octanol–water partition coefficient (Wildman–Crippen LogP) is 5.84. The second kappa shape index (κ2) is 11.1. The van der Waals surface area contributed by atoms with Crippen LogP contribution in [0.25, 0.3) is 33.2 Å². The van der Waals surface area contributed by atoms with E-state index in [9.17, 15) is 4.79 Å². The number of hydrogen-bond acceptors (Lipinski definition) is 8. The average Bonchev–Trinajstić information content (AvgIpc) is 3.55. The summed E-state index contributed by atoms with van der Waals surface area (Å²) in [7, 11) is 3.51. The zero-order valence-electron chi connectivity index (χ0n) is 25.4. The lowest BCUT2D eigenvalue weighted by Crippen LogP contribution is -2.52. The van der Waals surface area contributed by atoms with Crippen LogP contribution in [0, 0.1) is 6.92 Å². The van der Waals surface area contributed by atoms with Crippen molar-refractivity contribution in [3.05, 3.63) is 42.2 Å². The monoisotopic (exact) mass is 572 g/mol. The van der Waals surface area contributed by atoms with Crippen molar-refractivity contribution in [2.24, 2.45) is 7.05 Å². The van der Waals surface area contributed by atoms with E-state index in [-0.39, 0.29) is 25.0 Å². The van der Waals surface area contributed by atoms with Crippen LogP contribution in [0.3, 0.4) is 0 Å². The lowest BCUT2D eigenvalue weighted by molar-refractivity contribution is -0.00350. The Balaban J connectivity index is 1.26. The Kier molecular flexibility index (Phi) is 7.43. The number of benzene rings is 2. The van der Waals surface area contributed by atoms with Crippen LogP contribution in [0.5, 0.6) is 5.75 Å². The highest BCUT2D eigenvalue weighted by Gasteiger charge is 2.39. The van der Waals surface area contributed by atoms with Gasteiger partial charge in [-0.1, -0.05) is 0 Å². The van der Waals surface area contributed by atoms with Crippen molar-refractivity contribution >= 4 is 33.7 Å². The molecule has 2 aliphatic rings. The summed E-state index contributed by atoms with van der Waals surface area (Å²) in [5.41, 5.74) is 5.60. The first-order chi connectivity index (χ1) is 20.1. The molecular weight excluding hydrogens is 532 g/mol. The topological polar surface area (TPSA) is 94.8 Å². The maximum absolute atomic E-state index is 13.2. The van der Waals surface area contributed by atoms with Gasteiger partial charge in [-0.05, 0) is 77.6 Å². The van der Waals surface area contributed by atoms with E-state index in [1.54, 1.807) is 18.0 Å². The summed E-state index contributed by atoms with van der Waals surface area (Å²) in [5, 5.41) is 5.61. The van der Waals surface area contributed by atoms with Gasteiger partial charge in [0.05, 0.1) is 34.5 Å². The third kappa shape index (κ3) is 5.47. The van der Waals surface area contributed by atoms with Crippen molar-refractivity contribution in [1.29, 1.82) is 0 Å². The number of fused-ring (bicyclic) bond motifs is 2. The smallest absolute Gasteiger partial charge is 0.410 e. The standard InChI is InChI=1S/C32H40N6O4/c1-20-29-21(17-36(5)35-29)14-25(30(20)41-19-40-6)28-16-33-27-15-23(10-11-26(27)34-28)37-13-12-24(18-37)38(22-8-7-9-22)31(39)42-32(2,3)4/h10-11,14-17,22,24H,7-9,12-13,18-19H2,1-6H3/t24-/m1/s1. The highest BCUT2D eigenvalue weighted by molar-refractivity contribution is 5.91. The Bertz CT molecular complexity index is 1620. The van der Waals surface area contributed by atoms with Gasteiger partial charge >= 0.3 is 6.09 Å². The second-order valence-electron chi connectivity index (χ2n) is 12.5. The molecule has 3 heterocycles. The fourth-order valence-electron chi connectivity index (χ4n) is 6.03. The minimum Gasteiger partial charge on any atom is -0.466 e. The number of amides is 1. The molecule has 6 rings (SSSR count). The molecule has 2 fully saturated rings. The number of aromatic nitrogens is 4. The molecule has 0 N–H and O–H groups in total. The number of ether oxygens (including phenoxy) is 3. The van der Waals surface area contributed by atoms with Crippen molar-refractivity contribution < 1.29 is 19.0 Å². The fourth-order valence-corrected chi connectivity index (χ4v) is 6.03. The van der Waals surface area contributed by atoms with Crippen LogP contribution >= 0.6 is 0 Å². The molecule has 10 nitrogen and oxygen atoms in total. The molecule has 222 valence electrons. The second-order valence-corrected chi connectivity index (χ2v) is 12.5. The summed E-state index contributed by atoms with van der Waals surface area (Å²) >= 11 is 0. The predicted molar refractivity (Wildman–Crippen MR) is 163 cm³/mol. The summed E-state index contributed by atoms with van der Waals surface area (Å²) in [5.74, 6) is 0.692. The van der Waals surface area contributed by atoms with Gasteiger partial charge in [0.25, 0.3) is 0 Å². The zero-order valence-corrected chi connectivity index (χ0v) is 25.4. The van der Waals surface area contributed by atoms with E-state index in [0.717, 1.165) is 76.8 Å². The zero-order chi connectivity index (χ0) is 29.6. The molecule has 4 aromatic rings. The summed E-state index contributed by atoms with van der Waals surface area (Å²) in [6.07, 6.45) is 7.79. The molecule has 1 amide bonds. The summed E-state index contributed by atoms with van der Waals surface area (Å²) < 4.78 is 18.8. The molecule has 1 saturated heterocycles. The first kappa shape index (κ1) is 28.2. The number of nitrogens with zero attached hydrogens (tertiary/aromatic N) is 6. The van der Waals surface area contributed by atoms with Gasteiger partial charge in [0, 0.05) is 61.7 Å². The van der Waals surface area contributed by atoms with E-state index >= 15 is 0 Å². The number of carbonyl (C=O) groups is 1. The minimum atomic E-state index is -0.508. The molecule has 2 aromatic carbocycles. The van der Waals surface area contributed by atoms with Gasteiger partial charge in [-0.3, -0.25) is 9.67 Å². The van der Waals surface area contributed by atoms with Gasteiger partial charge in [0.15, 0.2) is 6.79 Å². The van der Waals surface area contributed by atoms with Crippen molar-refractivity contribution in [2.75, 3.05) is 31.9 Å². The van der Waals surface area contributed by atoms with Crippen molar-refractivity contribution in [1.82, 2.24) is 24.6 Å². The van der Waals surface area contributed by atoms with Crippen LogP contribution in [0.1, 0.15) is 52.0 Å². The van der Waals surface area contributed by atoms with Gasteiger partial charge in [-0.25, -0.2) is 9.78 Å². The van der Waals surface area contributed by atoms with Gasteiger partial charge in [0.1, 0.15) is 11.4 Å². The van der Waals surface area contributed by atoms with Crippen LogP contribution in [0.4, 0.5) is 10.5 Å². The molecule has 1 aliphatic carbocycles. The quantitative estimate of drug-likeness (QED) is 0.255. The normalized spacial score (nSPS) is 17.6. The number of hydrogen-bond donors (Lipinski definition) is 0. The first-order valence-electron chi connectivity index (χ1n) is 14.7. The van der Waals surface area contributed by atoms with Crippen LogP contribution in [-0.4, -0.2) is 75.4 Å². The fraction of sp³-hybridized carbons (Fsp3) is 0.500. The van der Waals surface area contributed by atoms with Crippen molar-refractivity contribution in [2.45, 2.75) is 71.1 Å². The Labute approximate surface area is 246 Å². The minimum absolute atomic E-state index is 0.124. The number of rotatable bonds is 7. The summed E-state index contributed by atoms with van der Waals surface area (Å²) in [6, 6.07) is 8.67. The molecule has 0 radical (unpaired) electrons. The van der Waals surface area contributed by atoms with E-state index in [4.69, 9.17) is 24.2 Å². The molecule has 2 aromatic heterocycles. The number of anilines is 1. The van der Waals surface area contributed by atoms with Gasteiger partial charge < -0.3 is 24.0 Å². The highest BCUT2D eigenvalue weighted by Crippen LogP contribution is 2.38. The number of methoxy groups -OCH3 is 1. The molecule has 1 saturated carbocycles. The SMILES string of the molecule is COCOc1c(-c2cnc3cc(N4CC[C@@H](N(C(=O)OC(C)(C)C)C5CCC5)C4)ccc3n2)cc2cn(C)nc2c1C. The number of aryl methyl sites for hydroxylation is 2. The molecule has 0 unspecified atom stereocenters. The van der Waals surface area contributed by atoms with Crippen molar-refractivity contribution in [3.63, 3.8) is 0 Å². The van der Waals surface area contributed by atoms with Crippen molar-refractivity contribution in [3.8, 4) is 17.0 Å². The molecule has 42 heavy (non-hydrogen) atoms. The first-order valence-corrected chi connectivity index (χ1v) is 14.7. The molecule has 0 spiro atoms. The van der Waals surface area contributed by atoms with E-state index in [1.807, 2.05) is 58.0 Å². The maximum Gasteiger partial charge on any atom is 0.410 e.